The molecule has 1 aromatic carbocycles. The molecule has 1 N–H and O–H groups in total. The van der Waals surface area contributed by atoms with Gasteiger partial charge in [-0.2, -0.15) is 0 Å². The Kier molecular flexibility index (Phi) is 4.68. The number of amides is 1. The van der Waals surface area contributed by atoms with Crippen molar-refractivity contribution in [1.29, 1.82) is 0 Å². The molecule has 1 unspecified atom stereocenters. The molecule has 2 aromatic rings. The maximum atomic E-state index is 12.4. The van der Waals surface area contributed by atoms with Crippen molar-refractivity contribution in [1.82, 2.24) is 0 Å². The molecule has 1 aliphatic rings. The second kappa shape index (κ2) is 6.74. The fraction of sp³-hybridized carbons (Fsp3) is 0.250. The number of cyclic esters (lactones) is 1. The second-order valence-corrected chi connectivity index (χ2v) is 8.37. The number of rotatable bonds is 5. The SMILES string of the molecule is O=C(Nc1ccc(S(=O)(=O)CC2CCOC2=O)cc1)c1cccs1. The van der Waals surface area contributed by atoms with Crippen LogP contribution in [-0.4, -0.2) is 32.7 Å². The van der Waals surface area contributed by atoms with Gasteiger partial charge in [-0.15, -0.1) is 11.3 Å². The molecule has 1 aliphatic heterocycles. The lowest BCUT2D eigenvalue weighted by molar-refractivity contribution is -0.140. The highest BCUT2D eigenvalue weighted by molar-refractivity contribution is 7.91. The number of sulfone groups is 1. The van der Waals surface area contributed by atoms with Gasteiger partial charge in [0.15, 0.2) is 9.84 Å². The number of carbonyl (C=O) groups is 2. The lowest BCUT2D eigenvalue weighted by Gasteiger charge is -2.09. The fourth-order valence-corrected chi connectivity index (χ4v) is 4.59. The van der Waals surface area contributed by atoms with Crippen LogP contribution < -0.4 is 5.32 Å². The van der Waals surface area contributed by atoms with Crippen LogP contribution in [0.4, 0.5) is 5.69 Å². The van der Waals surface area contributed by atoms with Gasteiger partial charge in [-0.1, -0.05) is 6.07 Å². The van der Waals surface area contributed by atoms with Crippen molar-refractivity contribution in [3.63, 3.8) is 0 Å². The van der Waals surface area contributed by atoms with Gasteiger partial charge in [0.2, 0.25) is 0 Å². The van der Waals surface area contributed by atoms with E-state index in [4.69, 9.17) is 4.74 Å². The highest BCUT2D eigenvalue weighted by atomic mass is 32.2. The monoisotopic (exact) mass is 365 g/mol. The summed E-state index contributed by atoms with van der Waals surface area (Å²) in [7, 11) is -3.58. The standard InChI is InChI=1S/C16H15NO5S2/c18-15(14-2-1-9-23-14)17-12-3-5-13(6-4-12)24(20,21)10-11-7-8-22-16(11)19/h1-6,9,11H,7-8,10H2,(H,17,18). The number of thiophene rings is 1. The Morgan fingerprint density at radius 3 is 2.58 bits per heavy atom. The number of benzene rings is 1. The summed E-state index contributed by atoms with van der Waals surface area (Å²) in [4.78, 5) is 24.1. The van der Waals surface area contributed by atoms with Crippen molar-refractivity contribution >= 4 is 38.7 Å². The number of hydrogen-bond donors (Lipinski definition) is 1. The molecule has 3 rings (SSSR count). The van der Waals surface area contributed by atoms with Crippen molar-refractivity contribution in [2.75, 3.05) is 17.7 Å². The fourth-order valence-electron chi connectivity index (χ4n) is 2.40. The molecule has 0 radical (unpaired) electrons. The average molecular weight is 365 g/mol. The quantitative estimate of drug-likeness (QED) is 0.822. The molecule has 2 heterocycles. The van der Waals surface area contributed by atoms with E-state index < -0.39 is 21.7 Å². The summed E-state index contributed by atoms with van der Waals surface area (Å²) in [6, 6.07) is 9.42. The van der Waals surface area contributed by atoms with Crippen LogP contribution in [0.1, 0.15) is 16.1 Å². The minimum Gasteiger partial charge on any atom is -0.465 e. The molecule has 8 heteroatoms. The van der Waals surface area contributed by atoms with Gasteiger partial charge in [0.25, 0.3) is 5.91 Å². The van der Waals surface area contributed by atoms with E-state index in [0.29, 0.717) is 17.0 Å². The van der Waals surface area contributed by atoms with Gasteiger partial charge >= 0.3 is 5.97 Å². The largest absolute Gasteiger partial charge is 0.465 e. The summed E-state index contributed by atoms with van der Waals surface area (Å²) in [5, 5.41) is 4.51. The molecule has 0 spiro atoms. The lowest BCUT2D eigenvalue weighted by atomic mass is 10.1. The third-order valence-electron chi connectivity index (χ3n) is 3.68. The maximum Gasteiger partial charge on any atom is 0.310 e. The molecular formula is C16H15NO5S2. The van der Waals surface area contributed by atoms with E-state index >= 15 is 0 Å². The first-order chi connectivity index (χ1) is 11.5. The summed E-state index contributed by atoms with van der Waals surface area (Å²) < 4.78 is 29.5. The highest BCUT2D eigenvalue weighted by Crippen LogP contribution is 2.22. The molecule has 1 amide bonds. The average Bonchev–Trinajstić information content (AvgIpc) is 3.20. The van der Waals surface area contributed by atoms with Crippen molar-refractivity contribution in [3.05, 3.63) is 46.7 Å². The number of nitrogens with one attached hydrogen (secondary N) is 1. The Morgan fingerprint density at radius 1 is 1.25 bits per heavy atom. The van der Waals surface area contributed by atoms with E-state index in [9.17, 15) is 18.0 Å². The first-order valence-corrected chi connectivity index (χ1v) is 9.83. The molecule has 126 valence electrons. The van der Waals surface area contributed by atoms with Crippen LogP contribution >= 0.6 is 11.3 Å². The van der Waals surface area contributed by atoms with Gasteiger partial charge in [0.05, 0.1) is 28.1 Å². The predicted molar refractivity (Wildman–Crippen MR) is 89.8 cm³/mol. The van der Waals surface area contributed by atoms with Gasteiger partial charge in [0.1, 0.15) is 0 Å². The lowest BCUT2D eigenvalue weighted by Crippen LogP contribution is -2.20. The number of anilines is 1. The maximum absolute atomic E-state index is 12.4. The molecule has 1 aromatic heterocycles. The number of esters is 1. The molecule has 0 saturated carbocycles. The molecule has 1 fully saturated rings. The smallest absolute Gasteiger partial charge is 0.310 e. The van der Waals surface area contributed by atoms with Gasteiger partial charge in [-0.25, -0.2) is 8.42 Å². The van der Waals surface area contributed by atoms with E-state index in [2.05, 4.69) is 5.32 Å². The Hall–Kier alpha value is -2.19. The molecule has 1 atom stereocenters. The van der Waals surface area contributed by atoms with Gasteiger partial charge in [-0.3, -0.25) is 9.59 Å². The van der Waals surface area contributed by atoms with Crippen LogP contribution in [0.25, 0.3) is 0 Å². The minimum atomic E-state index is -3.58. The van der Waals surface area contributed by atoms with Crippen LogP contribution in [0.3, 0.4) is 0 Å². The summed E-state index contributed by atoms with van der Waals surface area (Å²) in [6.07, 6.45) is 0.424. The zero-order chi connectivity index (χ0) is 17.2. The minimum absolute atomic E-state index is 0.122. The number of carbonyl (C=O) groups excluding carboxylic acids is 2. The molecule has 0 bridgehead atoms. The first kappa shape index (κ1) is 16.7. The van der Waals surface area contributed by atoms with E-state index in [1.54, 1.807) is 17.5 Å². The number of hydrogen-bond acceptors (Lipinski definition) is 6. The number of ether oxygens (including phenoxy) is 1. The highest BCUT2D eigenvalue weighted by Gasteiger charge is 2.32. The molecule has 1 saturated heterocycles. The Labute approximate surface area is 143 Å². The zero-order valence-corrected chi connectivity index (χ0v) is 14.2. The molecule has 0 aliphatic carbocycles. The van der Waals surface area contributed by atoms with E-state index in [1.807, 2.05) is 0 Å². The van der Waals surface area contributed by atoms with E-state index in [0.717, 1.165) is 0 Å². The van der Waals surface area contributed by atoms with Crippen LogP contribution in [0.2, 0.25) is 0 Å². The van der Waals surface area contributed by atoms with Crippen molar-refractivity contribution < 1.29 is 22.7 Å². The van der Waals surface area contributed by atoms with Crippen molar-refractivity contribution in [3.8, 4) is 0 Å². The Bertz CT molecular complexity index is 841. The Morgan fingerprint density at radius 2 is 2.00 bits per heavy atom. The summed E-state index contributed by atoms with van der Waals surface area (Å²) in [6.45, 7) is 0.271. The first-order valence-electron chi connectivity index (χ1n) is 7.30. The molecule has 24 heavy (non-hydrogen) atoms. The molecular weight excluding hydrogens is 350 g/mol. The summed E-state index contributed by atoms with van der Waals surface area (Å²) in [5.41, 5.74) is 0.507. The van der Waals surface area contributed by atoms with Gasteiger partial charge in [0, 0.05) is 5.69 Å². The third kappa shape index (κ3) is 3.65. The van der Waals surface area contributed by atoms with Crippen LogP contribution in [-0.2, 0) is 19.4 Å². The van der Waals surface area contributed by atoms with E-state index in [1.165, 1.54) is 35.6 Å². The predicted octanol–water partition coefficient (Wildman–Crippen LogP) is 2.34. The Balaban J connectivity index is 1.69. The van der Waals surface area contributed by atoms with Gasteiger partial charge in [-0.05, 0) is 42.1 Å². The van der Waals surface area contributed by atoms with Crippen LogP contribution in [0.5, 0.6) is 0 Å². The second-order valence-electron chi connectivity index (χ2n) is 5.39. The third-order valence-corrected chi connectivity index (χ3v) is 6.38. The normalized spacial score (nSPS) is 17.5. The summed E-state index contributed by atoms with van der Waals surface area (Å²) >= 11 is 1.32. The van der Waals surface area contributed by atoms with Crippen LogP contribution in [0.15, 0.2) is 46.7 Å². The topological polar surface area (TPSA) is 89.5 Å². The van der Waals surface area contributed by atoms with E-state index in [-0.39, 0.29) is 23.2 Å². The van der Waals surface area contributed by atoms with Gasteiger partial charge < -0.3 is 10.1 Å². The zero-order valence-electron chi connectivity index (χ0n) is 12.6. The van der Waals surface area contributed by atoms with Crippen molar-refractivity contribution in [2.24, 2.45) is 5.92 Å². The molecule has 6 nitrogen and oxygen atoms in total. The van der Waals surface area contributed by atoms with Crippen molar-refractivity contribution in [2.45, 2.75) is 11.3 Å². The summed E-state index contributed by atoms with van der Waals surface area (Å²) in [5.74, 6) is -1.56. The van der Waals surface area contributed by atoms with Crippen LogP contribution in [0, 0.1) is 5.92 Å².